The fraction of sp³-hybridized carbons (Fsp3) is 0.182. The smallest absolute Gasteiger partial charge is 0.255 e. The molecule has 2 aromatic carbocycles. The number of thioether (sulfide) groups is 1. The molecule has 0 radical (unpaired) electrons. The van der Waals surface area contributed by atoms with Gasteiger partial charge in [0.2, 0.25) is 5.91 Å². The number of carbonyl (C=O) groups is 2. The molecule has 0 aliphatic rings. The number of para-hydroxylation sites is 1. The number of benzene rings is 2. The summed E-state index contributed by atoms with van der Waals surface area (Å²) >= 11 is 7.03. The van der Waals surface area contributed by atoms with Gasteiger partial charge in [0.05, 0.1) is 11.4 Å². The lowest BCUT2D eigenvalue weighted by Crippen LogP contribution is -2.19. The van der Waals surface area contributed by atoms with E-state index in [2.05, 4.69) is 15.3 Å². The quantitative estimate of drug-likeness (QED) is 0.325. The van der Waals surface area contributed by atoms with Crippen LogP contribution in [0.1, 0.15) is 34.1 Å². The number of amides is 1. The van der Waals surface area contributed by atoms with Crippen molar-refractivity contribution in [3.05, 3.63) is 86.3 Å². The minimum atomic E-state index is -0.292. The molecule has 30 heavy (non-hydrogen) atoms. The maximum absolute atomic E-state index is 12.5. The Balaban J connectivity index is 1.66. The van der Waals surface area contributed by atoms with Crippen molar-refractivity contribution < 1.29 is 9.59 Å². The second kappa shape index (κ2) is 9.73. The SMILES string of the molecule is CC(=O)c1ccccc1NC(=O)CSc1nc(C)c(Cc2ccc(Cl)cc2)c(=O)[nH]1. The van der Waals surface area contributed by atoms with Crippen LogP contribution in [0.15, 0.2) is 58.5 Å². The predicted octanol–water partition coefficient (Wildman–Crippen LogP) is 4.26. The average Bonchev–Trinajstić information content (AvgIpc) is 2.71. The van der Waals surface area contributed by atoms with E-state index in [0.29, 0.717) is 39.1 Å². The molecule has 0 aliphatic carbocycles. The van der Waals surface area contributed by atoms with E-state index >= 15 is 0 Å². The summed E-state index contributed by atoms with van der Waals surface area (Å²) in [4.78, 5) is 43.6. The van der Waals surface area contributed by atoms with Gasteiger partial charge < -0.3 is 10.3 Å². The van der Waals surface area contributed by atoms with Gasteiger partial charge in [0.1, 0.15) is 0 Å². The zero-order chi connectivity index (χ0) is 21.7. The van der Waals surface area contributed by atoms with Gasteiger partial charge in [-0.1, -0.05) is 47.6 Å². The Bertz CT molecular complexity index is 1140. The molecule has 1 amide bonds. The van der Waals surface area contributed by atoms with Crippen molar-refractivity contribution in [2.45, 2.75) is 25.4 Å². The van der Waals surface area contributed by atoms with Crippen molar-refractivity contribution >= 4 is 40.7 Å². The third-order valence-electron chi connectivity index (χ3n) is 4.42. The van der Waals surface area contributed by atoms with Crippen molar-refractivity contribution in [2.75, 3.05) is 11.1 Å². The molecular formula is C22H20ClN3O3S. The molecule has 6 nitrogen and oxygen atoms in total. The first-order valence-corrected chi connectivity index (χ1v) is 10.6. The molecule has 1 aromatic heterocycles. The second-order valence-corrected chi connectivity index (χ2v) is 8.08. The first-order chi connectivity index (χ1) is 14.3. The van der Waals surface area contributed by atoms with E-state index in [1.807, 2.05) is 12.1 Å². The first-order valence-electron chi connectivity index (χ1n) is 9.20. The molecule has 1 heterocycles. The van der Waals surface area contributed by atoms with E-state index in [1.54, 1.807) is 43.3 Å². The number of nitrogens with one attached hydrogen (secondary N) is 2. The van der Waals surface area contributed by atoms with E-state index in [-0.39, 0.29) is 23.0 Å². The Morgan fingerprint density at radius 2 is 1.83 bits per heavy atom. The number of ketones is 1. The number of Topliss-reactive ketones (excluding diaryl/α,β-unsaturated/α-hetero) is 1. The number of hydrogen-bond donors (Lipinski definition) is 2. The molecule has 2 N–H and O–H groups in total. The largest absolute Gasteiger partial charge is 0.325 e. The molecule has 0 atom stereocenters. The highest BCUT2D eigenvalue weighted by molar-refractivity contribution is 7.99. The van der Waals surface area contributed by atoms with E-state index in [1.165, 1.54) is 6.92 Å². The third kappa shape index (κ3) is 5.58. The molecular weight excluding hydrogens is 422 g/mol. The highest BCUT2D eigenvalue weighted by Crippen LogP contribution is 2.19. The highest BCUT2D eigenvalue weighted by atomic mass is 35.5. The average molecular weight is 442 g/mol. The van der Waals surface area contributed by atoms with E-state index < -0.39 is 0 Å². The van der Waals surface area contributed by atoms with Crippen molar-refractivity contribution in [1.82, 2.24) is 9.97 Å². The Kier molecular flexibility index (Phi) is 7.07. The van der Waals surface area contributed by atoms with Crippen LogP contribution in [0.5, 0.6) is 0 Å². The Morgan fingerprint density at radius 1 is 1.13 bits per heavy atom. The number of anilines is 1. The van der Waals surface area contributed by atoms with Gasteiger partial charge in [0.15, 0.2) is 10.9 Å². The number of nitrogens with zero attached hydrogens (tertiary/aromatic N) is 1. The van der Waals surface area contributed by atoms with Crippen molar-refractivity contribution in [1.29, 1.82) is 0 Å². The van der Waals surface area contributed by atoms with Gasteiger partial charge in [0, 0.05) is 28.3 Å². The van der Waals surface area contributed by atoms with Crippen molar-refractivity contribution in [3.8, 4) is 0 Å². The summed E-state index contributed by atoms with van der Waals surface area (Å²) < 4.78 is 0. The molecule has 0 fully saturated rings. The van der Waals surface area contributed by atoms with Gasteiger partial charge in [0.25, 0.3) is 5.56 Å². The maximum Gasteiger partial charge on any atom is 0.255 e. The van der Waals surface area contributed by atoms with Crippen LogP contribution in [0.2, 0.25) is 5.02 Å². The van der Waals surface area contributed by atoms with Crippen LogP contribution in [0, 0.1) is 6.92 Å². The molecule has 0 aliphatic heterocycles. The zero-order valence-corrected chi connectivity index (χ0v) is 18.1. The summed E-state index contributed by atoms with van der Waals surface area (Å²) in [6.45, 7) is 3.22. The molecule has 0 saturated carbocycles. The lowest BCUT2D eigenvalue weighted by atomic mass is 10.1. The van der Waals surface area contributed by atoms with Gasteiger partial charge >= 0.3 is 0 Å². The molecule has 0 unspecified atom stereocenters. The summed E-state index contributed by atoms with van der Waals surface area (Å²) in [5, 5.41) is 3.73. The number of halogens is 1. The standard InChI is InChI=1S/C22H20ClN3O3S/c1-13-18(11-15-7-9-16(23)10-8-15)21(29)26-22(24-13)30-12-20(28)25-19-6-4-3-5-17(19)14(2)27/h3-10H,11-12H2,1-2H3,(H,25,28)(H,24,26,29). The van der Waals surface area contributed by atoms with Gasteiger partial charge in [-0.05, 0) is 43.7 Å². The van der Waals surface area contributed by atoms with Crippen LogP contribution >= 0.6 is 23.4 Å². The van der Waals surface area contributed by atoms with Gasteiger partial charge in [-0.2, -0.15) is 0 Å². The van der Waals surface area contributed by atoms with Crippen LogP contribution in [0.4, 0.5) is 5.69 Å². The monoisotopic (exact) mass is 441 g/mol. The number of hydrogen-bond acceptors (Lipinski definition) is 5. The normalized spacial score (nSPS) is 10.6. The maximum atomic E-state index is 12.5. The minimum absolute atomic E-state index is 0.0468. The zero-order valence-electron chi connectivity index (χ0n) is 16.5. The minimum Gasteiger partial charge on any atom is -0.325 e. The third-order valence-corrected chi connectivity index (χ3v) is 5.54. The number of rotatable bonds is 7. The van der Waals surface area contributed by atoms with Crippen molar-refractivity contribution in [3.63, 3.8) is 0 Å². The molecule has 3 rings (SSSR count). The number of aromatic nitrogens is 2. The number of aryl methyl sites for hydroxylation is 1. The fourth-order valence-corrected chi connectivity index (χ4v) is 3.72. The summed E-state index contributed by atoms with van der Waals surface area (Å²) in [6.07, 6.45) is 0.443. The molecule has 3 aromatic rings. The van der Waals surface area contributed by atoms with Crippen molar-refractivity contribution in [2.24, 2.45) is 0 Å². The van der Waals surface area contributed by atoms with E-state index in [0.717, 1.165) is 17.3 Å². The summed E-state index contributed by atoms with van der Waals surface area (Å²) in [7, 11) is 0. The van der Waals surface area contributed by atoms with E-state index in [4.69, 9.17) is 11.6 Å². The topological polar surface area (TPSA) is 91.9 Å². The van der Waals surface area contributed by atoms with Crippen LogP contribution in [0.25, 0.3) is 0 Å². The molecule has 8 heteroatoms. The first kappa shape index (κ1) is 21.8. The Morgan fingerprint density at radius 3 is 2.50 bits per heavy atom. The highest BCUT2D eigenvalue weighted by Gasteiger charge is 2.13. The Labute approximate surface area is 183 Å². The second-order valence-electron chi connectivity index (χ2n) is 6.68. The summed E-state index contributed by atoms with van der Waals surface area (Å²) in [5.41, 5.74) is 2.82. The molecule has 0 spiro atoms. The van der Waals surface area contributed by atoms with Crippen LogP contribution < -0.4 is 10.9 Å². The van der Waals surface area contributed by atoms with E-state index in [9.17, 15) is 14.4 Å². The van der Waals surface area contributed by atoms with Gasteiger partial charge in [-0.15, -0.1) is 0 Å². The number of aromatic amines is 1. The lowest BCUT2D eigenvalue weighted by Gasteiger charge is -2.09. The predicted molar refractivity (Wildman–Crippen MR) is 120 cm³/mol. The van der Waals surface area contributed by atoms with Crippen LogP contribution in [-0.2, 0) is 11.2 Å². The fourth-order valence-electron chi connectivity index (χ4n) is 2.89. The lowest BCUT2D eigenvalue weighted by molar-refractivity contribution is -0.113. The summed E-state index contributed by atoms with van der Waals surface area (Å²) in [6, 6.07) is 14.1. The summed E-state index contributed by atoms with van der Waals surface area (Å²) in [5.74, 6) is -0.374. The molecule has 0 bridgehead atoms. The molecule has 0 saturated heterocycles. The van der Waals surface area contributed by atoms with Gasteiger partial charge in [-0.25, -0.2) is 4.98 Å². The van der Waals surface area contributed by atoms with Gasteiger partial charge in [-0.3, -0.25) is 14.4 Å². The molecule has 154 valence electrons. The Hall–Kier alpha value is -2.90. The number of carbonyl (C=O) groups excluding carboxylic acids is 2. The van der Waals surface area contributed by atoms with Crippen LogP contribution in [-0.4, -0.2) is 27.4 Å². The number of H-pyrrole nitrogens is 1. The van der Waals surface area contributed by atoms with Crippen LogP contribution in [0.3, 0.4) is 0 Å².